The lowest BCUT2D eigenvalue weighted by molar-refractivity contribution is -0.162. The fraction of sp³-hybridized carbons (Fsp3) is 0.750. The molecule has 0 spiro atoms. The quantitative estimate of drug-likeness (QED) is 0.570. The van der Waals surface area contributed by atoms with Crippen molar-refractivity contribution in [3.8, 4) is 0 Å². The molecule has 1 saturated heterocycles. The summed E-state index contributed by atoms with van der Waals surface area (Å²) in [7, 11) is -1.69. The lowest BCUT2D eigenvalue weighted by Gasteiger charge is -2.44. The Bertz CT molecular complexity index is 358. The topological polar surface area (TPSA) is 44.8 Å². The van der Waals surface area contributed by atoms with Crippen LogP contribution in [0.3, 0.4) is 0 Å². The number of rotatable bonds is 4. The smallest absolute Gasteiger partial charge is 0.334 e. The average molecular weight is 256 g/mol. The molecule has 4 nitrogen and oxygen atoms in total. The van der Waals surface area contributed by atoms with Crippen LogP contribution in [-0.4, -0.2) is 33.3 Å². The summed E-state index contributed by atoms with van der Waals surface area (Å²) in [5.41, 5.74) is 0.725. The maximum Gasteiger partial charge on any atom is 0.334 e. The fourth-order valence-electron chi connectivity index (χ4n) is 2.40. The molecule has 2 rings (SSSR count). The van der Waals surface area contributed by atoms with Crippen LogP contribution in [-0.2, 0) is 18.7 Å². The van der Waals surface area contributed by atoms with Gasteiger partial charge in [0.1, 0.15) is 0 Å². The van der Waals surface area contributed by atoms with Gasteiger partial charge in [0, 0.05) is 5.57 Å². The Morgan fingerprint density at radius 1 is 1.59 bits per heavy atom. The van der Waals surface area contributed by atoms with Crippen LogP contribution >= 0.6 is 0 Å². The molecule has 1 aliphatic carbocycles. The van der Waals surface area contributed by atoms with Crippen molar-refractivity contribution in [2.45, 2.75) is 38.8 Å². The summed E-state index contributed by atoms with van der Waals surface area (Å²) in [6.07, 6.45) is 2.65. The minimum atomic E-state index is -1.69. The summed E-state index contributed by atoms with van der Waals surface area (Å²) in [4.78, 5) is 11.7. The average Bonchev–Trinajstić information content (AvgIpc) is 2.44. The first-order valence-corrected chi connectivity index (χ1v) is 9.53. The maximum absolute atomic E-state index is 11.7. The van der Waals surface area contributed by atoms with E-state index in [1.54, 1.807) is 6.08 Å². The van der Waals surface area contributed by atoms with Gasteiger partial charge in [-0.2, -0.15) is 0 Å². The minimum absolute atomic E-state index is 0.0632. The highest BCUT2D eigenvalue weighted by atomic mass is 28.4. The predicted octanol–water partition coefficient (Wildman–Crippen LogP) is 2.07. The molecule has 2 atom stereocenters. The molecule has 2 aliphatic rings. The van der Waals surface area contributed by atoms with E-state index in [2.05, 4.69) is 19.6 Å². The Morgan fingerprint density at radius 3 is 2.88 bits per heavy atom. The molecule has 0 unspecified atom stereocenters. The standard InChI is InChI=1S/C12H20O4Si/c1-5-14-11(13)9-8-12(16-17(2,3)4)10(9)6-7-15-12/h8,10H,5-7H2,1-4H3/t10-,12-/m0/s1. The SMILES string of the molecule is CCOC(=O)C1=C[C@@]2(O[Si](C)(C)C)OCC[C@@H]12. The summed E-state index contributed by atoms with van der Waals surface area (Å²) < 4.78 is 16.8. The third-order valence-corrected chi connectivity index (χ3v) is 3.86. The molecule has 0 aromatic heterocycles. The van der Waals surface area contributed by atoms with Crippen molar-refractivity contribution in [1.29, 1.82) is 0 Å². The summed E-state index contributed by atoms with van der Waals surface area (Å²) in [5, 5.41) is 0. The zero-order valence-electron chi connectivity index (χ0n) is 10.9. The van der Waals surface area contributed by atoms with Crippen molar-refractivity contribution < 1.29 is 18.7 Å². The molecule has 0 amide bonds. The molecule has 17 heavy (non-hydrogen) atoms. The van der Waals surface area contributed by atoms with Crippen LogP contribution in [0.1, 0.15) is 13.3 Å². The van der Waals surface area contributed by atoms with Gasteiger partial charge >= 0.3 is 5.97 Å². The molecule has 1 heterocycles. The largest absolute Gasteiger partial charge is 0.463 e. The normalized spacial score (nSPS) is 31.5. The van der Waals surface area contributed by atoms with Gasteiger partial charge in [-0.1, -0.05) is 0 Å². The highest BCUT2D eigenvalue weighted by Crippen LogP contribution is 2.49. The van der Waals surface area contributed by atoms with Gasteiger partial charge in [-0.3, -0.25) is 0 Å². The van der Waals surface area contributed by atoms with E-state index < -0.39 is 14.1 Å². The number of carbonyl (C=O) groups excluding carboxylic acids is 1. The van der Waals surface area contributed by atoms with Crippen molar-refractivity contribution in [2.24, 2.45) is 5.92 Å². The highest BCUT2D eigenvalue weighted by molar-refractivity contribution is 6.69. The number of fused-ring (bicyclic) bond motifs is 1. The first-order valence-electron chi connectivity index (χ1n) is 6.12. The van der Waals surface area contributed by atoms with Crippen LogP contribution in [0.15, 0.2) is 11.6 Å². The molecule has 0 aromatic carbocycles. The molecule has 1 fully saturated rings. The summed E-state index contributed by atoms with van der Waals surface area (Å²) in [6.45, 7) is 9.23. The first-order chi connectivity index (χ1) is 7.88. The van der Waals surface area contributed by atoms with Crippen molar-refractivity contribution in [1.82, 2.24) is 0 Å². The Balaban J connectivity index is 2.13. The van der Waals surface area contributed by atoms with E-state index in [9.17, 15) is 4.79 Å². The van der Waals surface area contributed by atoms with E-state index in [1.807, 2.05) is 6.92 Å². The zero-order valence-corrected chi connectivity index (χ0v) is 11.9. The van der Waals surface area contributed by atoms with E-state index in [1.165, 1.54) is 0 Å². The Kier molecular flexibility index (Phi) is 3.18. The Labute approximate surface area is 103 Å². The van der Waals surface area contributed by atoms with Gasteiger partial charge in [0.15, 0.2) is 14.1 Å². The molecule has 96 valence electrons. The lowest BCUT2D eigenvalue weighted by atomic mass is 9.78. The monoisotopic (exact) mass is 256 g/mol. The third-order valence-electron chi connectivity index (χ3n) is 2.93. The molecule has 0 bridgehead atoms. The van der Waals surface area contributed by atoms with Crippen LogP contribution in [0.2, 0.25) is 19.6 Å². The van der Waals surface area contributed by atoms with Gasteiger partial charge in [0.2, 0.25) is 0 Å². The van der Waals surface area contributed by atoms with Crippen LogP contribution in [0.25, 0.3) is 0 Å². The number of esters is 1. The molecule has 1 aliphatic heterocycles. The maximum atomic E-state index is 11.7. The van der Waals surface area contributed by atoms with E-state index in [4.69, 9.17) is 13.9 Å². The Morgan fingerprint density at radius 2 is 2.29 bits per heavy atom. The zero-order chi connectivity index (χ0) is 12.7. The van der Waals surface area contributed by atoms with Gasteiger partial charge in [-0.05, 0) is 39.1 Å². The third kappa shape index (κ3) is 2.32. The van der Waals surface area contributed by atoms with Crippen LogP contribution in [0, 0.1) is 5.92 Å². The number of hydrogen-bond donors (Lipinski definition) is 0. The van der Waals surface area contributed by atoms with Gasteiger partial charge in [-0.25, -0.2) is 4.79 Å². The van der Waals surface area contributed by atoms with Crippen molar-refractivity contribution >= 4 is 14.3 Å². The van der Waals surface area contributed by atoms with Crippen molar-refractivity contribution in [2.75, 3.05) is 13.2 Å². The second-order valence-corrected chi connectivity index (χ2v) is 9.87. The van der Waals surface area contributed by atoms with Gasteiger partial charge in [-0.15, -0.1) is 0 Å². The second-order valence-electron chi connectivity index (χ2n) is 5.45. The summed E-state index contributed by atoms with van der Waals surface area (Å²) in [6, 6.07) is 0. The van der Waals surface area contributed by atoms with Crippen LogP contribution in [0.5, 0.6) is 0 Å². The fourth-order valence-corrected chi connectivity index (χ4v) is 3.62. The van der Waals surface area contributed by atoms with Crippen molar-refractivity contribution in [3.05, 3.63) is 11.6 Å². The van der Waals surface area contributed by atoms with Gasteiger partial charge in [0.05, 0.1) is 19.1 Å². The van der Waals surface area contributed by atoms with Crippen LogP contribution in [0.4, 0.5) is 0 Å². The molecular formula is C12H20O4Si. The number of hydrogen-bond acceptors (Lipinski definition) is 4. The highest BCUT2D eigenvalue weighted by Gasteiger charge is 2.56. The Hall–Kier alpha value is -0.653. The van der Waals surface area contributed by atoms with E-state index in [0.717, 1.165) is 12.0 Å². The van der Waals surface area contributed by atoms with Gasteiger partial charge in [0.25, 0.3) is 0 Å². The summed E-state index contributed by atoms with van der Waals surface area (Å²) in [5.74, 6) is -0.793. The number of ether oxygens (including phenoxy) is 2. The van der Waals surface area contributed by atoms with E-state index >= 15 is 0 Å². The first kappa shape index (κ1) is 12.8. The van der Waals surface area contributed by atoms with Crippen LogP contribution < -0.4 is 0 Å². The molecule has 0 radical (unpaired) electrons. The molecule has 0 aromatic rings. The summed E-state index contributed by atoms with van der Waals surface area (Å²) >= 11 is 0. The molecular weight excluding hydrogens is 236 g/mol. The molecule has 0 saturated carbocycles. The second kappa shape index (κ2) is 4.22. The van der Waals surface area contributed by atoms with E-state index in [0.29, 0.717) is 13.2 Å². The van der Waals surface area contributed by atoms with Crippen molar-refractivity contribution in [3.63, 3.8) is 0 Å². The minimum Gasteiger partial charge on any atom is -0.463 e. The molecule has 0 N–H and O–H groups in total. The number of carbonyl (C=O) groups is 1. The lowest BCUT2D eigenvalue weighted by Crippen LogP contribution is -2.52. The molecule has 5 heteroatoms. The van der Waals surface area contributed by atoms with Gasteiger partial charge < -0.3 is 13.9 Å². The van der Waals surface area contributed by atoms with E-state index in [-0.39, 0.29) is 11.9 Å². The predicted molar refractivity (Wildman–Crippen MR) is 65.9 cm³/mol.